The standard InChI is InChI=1S/C17H17NOS2/c19-16(13-5-2-1-3-6-13)11-18-10-15-9-14(12-21-15)17-7-4-8-20-17/h1-9,12,16,18-19H,10-11H2. The highest BCUT2D eigenvalue weighted by Crippen LogP contribution is 2.29. The Labute approximate surface area is 132 Å². The first-order valence-electron chi connectivity index (χ1n) is 6.88. The summed E-state index contributed by atoms with van der Waals surface area (Å²) in [6, 6.07) is 16.2. The van der Waals surface area contributed by atoms with Crippen molar-refractivity contribution in [3.05, 3.63) is 69.7 Å². The lowest BCUT2D eigenvalue weighted by atomic mass is 10.1. The van der Waals surface area contributed by atoms with Gasteiger partial charge < -0.3 is 10.4 Å². The Balaban J connectivity index is 1.52. The van der Waals surface area contributed by atoms with Gasteiger partial charge in [0.1, 0.15) is 0 Å². The SMILES string of the molecule is OC(CNCc1cc(-c2cccs2)cs1)c1ccccc1. The highest BCUT2D eigenvalue weighted by Gasteiger charge is 2.07. The lowest BCUT2D eigenvalue weighted by molar-refractivity contribution is 0.174. The van der Waals surface area contributed by atoms with Crippen LogP contribution in [0, 0.1) is 0 Å². The number of hydrogen-bond acceptors (Lipinski definition) is 4. The Hall–Kier alpha value is -1.46. The largest absolute Gasteiger partial charge is 0.387 e. The van der Waals surface area contributed by atoms with Gasteiger partial charge in [0, 0.05) is 28.4 Å². The minimum Gasteiger partial charge on any atom is -0.387 e. The van der Waals surface area contributed by atoms with Crippen molar-refractivity contribution in [2.45, 2.75) is 12.6 Å². The van der Waals surface area contributed by atoms with Crippen molar-refractivity contribution in [2.24, 2.45) is 0 Å². The molecule has 0 saturated heterocycles. The quantitative estimate of drug-likeness (QED) is 0.711. The third kappa shape index (κ3) is 3.80. The first-order chi connectivity index (χ1) is 10.3. The monoisotopic (exact) mass is 315 g/mol. The van der Waals surface area contributed by atoms with Crippen LogP contribution in [0.1, 0.15) is 16.5 Å². The molecule has 3 aromatic rings. The molecule has 2 aromatic heterocycles. The summed E-state index contributed by atoms with van der Waals surface area (Å²) in [5.74, 6) is 0. The molecule has 1 atom stereocenters. The molecule has 0 amide bonds. The molecule has 1 aromatic carbocycles. The average molecular weight is 315 g/mol. The maximum Gasteiger partial charge on any atom is 0.0914 e. The van der Waals surface area contributed by atoms with E-state index in [1.54, 1.807) is 22.7 Å². The Morgan fingerprint density at radius 2 is 1.90 bits per heavy atom. The molecule has 0 bridgehead atoms. The minimum absolute atomic E-state index is 0.456. The number of aliphatic hydroxyl groups excluding tert-OH is 1. The Bertz CT molecular complexity index is 661. The molecule has 0 spiro atoms. The van der Waals surface area contributed by atoms with Gasteiger partial charge in [0.05, 0.1) is 6.10 Å². The van der Waals surface area contributed by atoms with Crippen LogP contribution in [0.4, 0.5) is 0 Å². The van der Waals surface area contributed by atoms with Crippen molar-refractivity contribution in [3.63, 3.8) is 0 Å². The van der Waals surface area contributed by atoms with Crippen LogP contribution in [-0.2, 0) is 6.54 Å². The predicted molar refractivity (Wildman–Crippen MR) is 90.7 cm³/mol. The first-order valence-corrected chi connectivity index (χ1v) is 8.64. The molecular formula is C17H17NOS2. The van der Waals surface area contributed by atoms with E-state index in [1.807, 2.05) is 30.3 Å². The summed E-state index contributed by atoms with van der Waals surface area (Å²) in [4.78, 5) is 2.60. The molecule has 1 unspecified atom stereocenters. The van der Waals surface area contributed by atoms with Crippen LogP contribution in [0.25, 0.3) is 10.4 Å². The second-order valence-corrected chi connectivity index (χ2v) is 6.78. The van der Waals surface area contributed by atoms with Crippen LogP contribution >= 0.6 is 22.7 Å². The van der Waals surface area contributed by atoms with E-state index in [9.17, 15) is 5.11 Å². The van der Waals surface area contributed by atoms with Crippen molar-refractivity contribution in [2.75, 3.05) is 6.54 Å². The summed E-state index contributed by atoms with van der Waals surface area (Å²) in [6.45, 7) is 1.36. The highest BCUT2D eigenvalue weighted by molar-refractivity contribution is 7.14. The third-order valence-electron chi connectivity index (χ3n) is 3.28. The van der Waals surface area contributed by atoms with Crippen LogP contribution in [-0.4, -0.2) is 11.7 Å². The van der Waals surface area contributed by atoms with Gasteiger partial charge in [-0.1, -0.05) is 36.4 Å². The van der Waals surface area contributed by atoms with Crippen molar-refractivity contribution in [3.8, 4) is 10.4 Å². The Kier molecular flexibility index (Phi) is 4.83. The van der Waals surface area contributed by atoms with E-state index in [-0.39, 0.29) is 0 Å². The van der Waals surface area contributed by atoms with Gasteiger partial charge in [-0.2, -0.15) is 0 Å². The second-order valence-electron chi connectivity index (χ2n) is 4.84. The van der Waals surface area contributed by atoms with Crippen molar-refractivity contribution in [1.82, 2.24) is 5.32 Å². The van der Waals surface area contributed by atoms with E-state index in [4.69, 9.17) is 0 Å². The maximum atomic E-state index is 10.1. The van der Waals surface area contributed by atoms with Crippen molar-refractivity contribution in [1.29, 1.82) is 0 Å². The van der Waals surface area contributed by atoms with E-state index in [0.29, 0.717) is 6.54 Å². The molecule has 0 radical (unpaired) electrons. The Morgan fingerprint density at radius 1 is 1.05 bits per heavy atom. The van der Waals surface area contributed by atoms with Crippen LogP contribution in [0.2, 0.25) is 0 Å². The summed E-state index contributed by atoms with van der Waals surface area (Å²) in [7, 11) is 0. The fourth-order valence-corrected chi connectivity index (χ4v) is 3.81. The number of benzene rings is 1. The summed E-state index contributed by atoms with van der Waals surface area (Å²) in [6.07, 6.45) is -0.456. The smallest absolute Gasteiger partial charge is 0.0914 e. The molecule has 0 aliphatic carbocycles. The number of thiophene rings is 2. The summed E-state index contributed by atoms with van der Waals surface area (Å²) >= 11 is 3.52. The molecule has 2 nitrogen and oxygen atoms in total. The molecule has 0 saturated carbocycles. The first kappa shape index (κ1) is 14.5. The van der Waals surface area contributed by atoms with Gasteiger partial charge in [0.25, 0.3) is 0 Å². The molecule has 2 N–H and O–H groups in total. The van der Waals surface area contributed by atoms with E-state index < -0.39 is 6.10 Å². The fourth-order valence-electron chi connectivity index (χ4n) is 2.17. The van der Waals surface area contributed by atoms with Gasteiger partial charge >= 0.3 is 0 Å². The molecule has 2 heterocycles. The maximum absolute atomic E-state index is 10.1. The van der Waals surface area contributed by atoms with Crippen molar-refractivity contribution >= 4 is 22.7 Å². The Morgan fingerprint density at radius 3 is 2.67 bits per heavy atom. The fraction of sp³-hybridized carbons (Fsp3) is 0.176. The number of nitrogens with one attached hydrogen (secondary N) is 1. The van der Waals surface area contributed by atoms with Crippen molar-refractivity contribution < 1.29 is 5.11 Å². The molecule has 0 aliphatic rings. The lowest BCUT2D eigenvalue weighted by Crippen LogP contribution is -2.20. The molecule has 3 rings (SSSR count). The molecule has 0 fully saturated rings. The zero-order valence-corrected chi connectivity index (χ0v) is 13.2. The molecular weight excluding hydrogens is 298 g/mol. The number of rotatable bonds is 6. The average Bonchev–Trinajstić information content (AvgIpc) is 3.19. The third-order valence-corrected chi connectivity index (χ3v) is 5.14. The summed E-state index contributed by atoms with van der Waals surface area (Å²) < 4.78 is 0. The van der Waals surface area contributed by atoms with Gasteiger partial charge in [-0.3, -0.25) is 0 Å². The molecule has 4 heteroatoms. The van der Waals surface area contributed by atoms with Gasteiger partial charge in [-0.25, -0.2) is 0 Å². The normalized spacial score (nSPS) is 12.4. The van der Waals surface area contributed by atoms with Crippen LogP contribution < -0.4 is 5.32 Å². The summed E-state index contributed by atoms with van der Waals surface area (Å²) in [5.41, 5.74) is 2.24. The van der Waals surface area contributed by atoms with E-state index in [1.165, 1.54) is 15.3 Å². The second kappa shape index (κ2) is 7.00. The zero-order chi connectivity index (χ0) is 14.5. The number of aliphatic hydroxyl groups is 1. The van der Waals surface area contributed by atoms with Crippen LogP contribution in [0.3, 0.4) is 0 Å². The van der Waals surface area contributed by atoms with Gasteiger partial charge in [0.15, 0.2) is 0 Å². The van der Waals surface area contributed by atoms with Gasteiger partial charge in [-0.05, 0) is 28.5 Å². The topological polar surface area (TPSA) is 32.3 Å². The van der Waals surface area contributed by atoms with Gasteiger partial charge in [-0.15, -0.1) is 22.7 Å². The minimum atomic E-state index is -0.456. The predicted octanol–water partition coefficient (Wildman–Crippen LogP) is 4.30. The zero-order valence-electron chi connectivity index (χ0n) is 11.5. The van der Waals surface area contributed by atoms with Crippen LogP contribution in [0.5, 0.6) is 0 Å². The van der Waals surface area contributed by atoms with E-state index >= 15 is 0 Å². The molecule has 0 aliphatic heterocycles. The molecule has 21 heavy (non-hydrogen) atoms. The van der Waals surface area contributed by atoms with Crippen LogP contribution in [0.15, 0.2) is 59.3 Å². The lowest BCUT2D eigenvalue weighted by Gasteiger charge is -2.11. The number of hydrogen-bond donors (Lipinski definition) is 2. The van der Waals surface area contributed by atoms with E-state index in [2.05, 4.69) is 34.3 Å². The summed E-state index contributed by atoms with van der Waals surface area (Å²) in [5, 5.41) is 17.7. The van der Waals surface area contributed by atoms with Gasteiger partial charge in [0.2, 0.25) is 0 Å². The highest BCUT2D eigenvalue weighted by atomic mass is 32.1. The molecule has 108 valence electrons. The van der Waals surface area contributed by atoms with E-state index in [0.717, 1.165) is 12.1 Å².